The monoisotopic (exact) mass is 490 g/mol. The van der Waals surface area contributed by atoms with Crippen LogP contribution in [0, 0.1) is 0 Å². The molecule has 0 aliphatic heterocycles. The zero-order valence-electron chi connectivity index (χ0n) is 18.9. The van der Waals surface area contributed by atoms with Gasteiger partial charge in [0.2, 0.25) is 0 Å². The summed E-state index contributed by atoms with van der Waals surface area (Å²) in [5.41, 5.74) is 11.2. The molecule has 3 heterocycles. The zero-order chi connectivity index (χ0) is 24.6. The lowest BCUT2D eigenvalue weighted by atomic mass is 10.0. The van der Waals surface area contributed by atoms with Gasteiger partial charge in [0.15, 0.2) is 5.78 Å². The molecule has 0 bridgehead atoms. The van der Waals surface area contributed by atoms with E-state index in [1.165, 1.54) is 19.1 Å². The van der Waals surface area contributed by atoms with Crippen LogP contribution in [0.5, 0.6) is 0 Å². The van der Waals surface area contributed by atoms with Crippen molar-refractivity contribution < 1.29 is 14.7 Å². The molecule has 1 aromatic carbocycles. The largest absolute Gasteiger partial charge is 0.478 e. The normalized spacial score (nSPS) is 12.6. The number of carboxylic acids is 1. The number of Topliss-reactive ketones (excluding diaryl/α,β-unsaturated/α-hetero) is 1. The van der Waals surface area contributed by atoms with Gasteiger partial charge in [-0.25, -0.2) is 4.79 Å². The molecule has 35 heavy (non-hydrogen) atoms. The minimum absolute atomic E-state index is 0. The number of ketones is 1. The van der Waals surface area contributed by atoms with E-state index in [-0.39, 0.29) is 24.8 Å². The van der Waals surface area contributed by atoms with E-state index < -0.39 is 5.97 Å². The standard InChI is InChI=1S/C26H23ClN4O3.CH4/c1-14(28)24(16(3)32)18-11-23-25(30-12-18)20(19-8-7-17(26(33)34)10-21(19)27)13-31(23)15(2)22-6-4-5-9-29-22;/h4-13,15H,28H2,1-3H3,(H,33,34);1H4/t15-;/m0./s1. The molecule has 0 saturated carbocycles. The maximum absolute atomic E-state index is 12.3. The zero-order valence-corrected chi connectivity index (χ0v) is 19.7. The van der Waals surface area contributed by atoms with Crippen molar-refractivity contribution in [2.24, 2.45) is 5.73 Å². The quantitative estimate of drug-likeness (QED) is 0.322. The molecule has 1 atom stereocenters. The fraction of sp³-hybridized carbons (Fsp3) is 0.185. The SMILES string of the molecule is C.CC(=O)C(=C(C)N)c1cnc2c(-c3ccc(C(=O)O)cc3Cl)cn([C@@H](C)c3ccccn3)c2c1. The van der Waals surface area contributed by atoms with E-state index in [2.05, 4.69) is 9.97 Å². The van der Waals surface area contributed by atoms with Crippen molar-refractivity contribution >= 4 is 40.0 Å². The number of pyridine rings is 2. The summed E-state index contributed by atoms with van der Waals surface area (Å²) < 4.78 is 2.02. The van der Waals surface area contributed by atoms with Crippen LogP contribution < -0.4 is 5.73 Å². The van der Waals surface area contributed by atoms with E-state index in [0.717, 1.165) is 16.8 Å². The third-order valence-electron chi connectivity index (χ3n) is 5.74. The fourth-order valence-corrected chi connectivity index (χ4v) is 4.40. The lowest BCUT2D eigenvalue weighted by molar-refractivity contribution is -0.111. The first-order valence-electron chi connectivity index (χ1n) is 10.6. The molecule has 7 nitrogen and oxygen atoms in total. The van der Waals surface area contributed by atoms with Crippen LogP contribution in [0.2, 0.25) is 5.02 Å². The van der Waals surface area contributed by atoms with Crippen molar-refractivity contribution in [3.8, 4) is 11.1 Å². The number of carbonyl (C=O) groups excluding carboxylic acids is 1. The molecular formula is C27H27ClN4O3. The van der Waals surface area contributed by atoms with Gasteiger partial charge in [-0.2, -0.15) is 0 Å². The lowest BCUT2D eigenvalue weighted by Gasteiger charge is -2.15. The van der Waals surface area contributed by atoms with Crippen molar-refractivity contribution in [3.63, 3.8) is 0 Å². The van der Waals surface area contributed by atoms with Crippen molar-refractivity contribution in [1.29, 1.82) is 0 Å². The number of nitrogens with two attached hydrogens (primary N) is 1. The summed E-state index contributed by atoms with van der Waals surface area (Å²) in [7, 11) is 0. The van der Waals surface area contributed by atoms with Gasteiger partial charge in [0, 0.05) is 51.6 Å². The van der Waals surface area contributed by atoms with Crippen LogP contribution in [0.15, 0.2) is 66.8 Å². The van der Waals surface area contributed by atoms with E-state index in [4.69, 9.17) is 17.3 Å². The molecule has 0 saturated heterocycles. The third kappa shape index (κ3) is 4.81. The lowest BCUT2D eigenvalue weighted by Crippen LogP contribution is -2.08. The number of aromatic carboxylic acids is 1. The first kappa shape index (κ1) is 25.6. The highest BCUT2D eigenvalue weighted by Crippen LogP contribution is 2.37. The molecule has 0 unspecified atom stereocenters. The second-order valence-corrected chi connectivity index (χ2v) is 8.49. The van der Waals surface area contributed by atoms with E-state index in [1.54, 1.807) is 25.4 Å². The molecule has 0 aliphatic rings. The predicted molar refractivity (Wildman–Crippen MR) is 139 cm³/mol. The Bertz CT molecular complexity index is 1450. The van der Waals surface area contributed by atoms with Gasteiger partial charge in [-0.15, -0.1) is 0 Å². The Morgan fingerprint density at radius 2 is 1.80 bits per heavy atom. The number of fused-ring (bicyclic) bond motifs is 1. The number of carbonyl (C=O) groups is 2. The van der Waals surface area contributed by atoms with E-state index in [9.17, 15) is 14.7 Å². The van der Waals surface area contributed by atoms with Crippen molar-refractivity contribution in [2.75, 3.05) is 0 Å². The first-order chi connectivity index (χ1) is 16.2. The smallest absolute Gasteiger partial charge is 0.335 e. The van der Waals surface area contributed by atoms with Gasteiger partial charge in [-0.1, -0.05) is 31.2 Å². The van der Waals surface area contributed by atoms with Crippen LogP contribution in [0.4, 0.5) is 0 Å². The molecule has 4 rings (SSSR count). The van der Waals surface area contributed by atoms with Crippen molar-refractivity contribution in [1.82, 2.24) is 14.5 Å². The Morgan fingerprint density at radius 1 is 1.06 bits per heavy atom. The average Bonchev–Trinajstić information content (AvgIpc) is 3.17. The number of carboxylic acid groups (broad SMARTS) is 1. The highest BCUT2D eigenvalue weighted by atomic mass is 35.5. The van der Waals surface area contributed by atoms with Gasteiger partial charge in [0.05, 0.1) is 28.3 Å². The topological polar surface area (TPSA) is 111 Å². The van der Waals surface area contributed by atoms with Crippen LogP contribution >= 0.6 is 11.6 Å². The predicted octanol–water partition coefficient (Wildman–Crippen LogP) is 5.97. The second-order valence-electron chi connectivity index (χ2n) is 8.09. The van der Waals surface area contributed by atoms with E-state index >= 15 is 0 Å². The maximum atomic E-state index is 12.3. The number of aromatic nitrogens is 3. The average molecular weight is 491 g/mol. The highest BCUT2D eigenvalue weighted by Gasteiger charge is 2.21. The first-order valence-corrected chi connectivity index (χ1v) is 11.0. The maximum Gasteiger partial charge on any atom is 0.335 e. The third-order valence-corrected chi connectivity index (χ3v) is 6.06. The Hall–Kier alpha value is -3.97. The van der Waals surface area contributed by atoms with Crippen LogP contribution in [0.3, 0.4) is 0 Å². The Balaban J connectivity index is 0.00000342. The van der Waals surface area contributed by atoms with Gasteiger partial charge >= 0.3 is 5.97 Å². The summed E-state index contributed by atoms with van der Waals surface area (Å²) >= 11 is 6.50. The van der Waals surface area contributed by atoms with Gasteiger partial charge in [0.25, 0.3) is 0 Å². The molecule has 0 aliphatic carbocycles. The van der Waals surface area contributed by atoms with Crippen LogP contribution in [0.1, 0.15) is 55.9 Å². The molecule has 8 heteroatoms. The number of allylic oxidation sites excluding steroid dienone is 2. The minimum Gasteiger partial charge on any atom is -0.478 e. The number of benzene rings is 1. The Morgan fingerprint density at radius 3 is 2.37 bits per heavy atom. The molecule has 3 aromatic heterocycles. The van der Waals surface area contributed by atoms with Gasteiger partial charge < -0.3 is 15.4 Å². The summed E-state index contributed by atoms with van der Waals surface area (Å²) in [4.78, 5) is 32.8. The van der Waals surface area contributed by atoms with Crippen LogP contribution in [0.25, 0.3) is 27.7 Å². The molecule has 180 valence electrons. The number of rotatable bonds is 6. The van der Waals surface area contributed by atoms with Crippen molar-refractivity contribution in [3.05, 3.63) is 88.6 Å². The van der Waals surface area contributed by atoms with Crippen LogP contribution in [-0.4, -0.2) is 31.4 Å². The number of nitrogens with zero attached hydrogens (tertiary/aromatic N) is 3. The summed E-state index contributed by atoms with van der Waals surface area (Å²) in [5, 5.41) is 9.60. The number of hydrogen-bond donors (Lipinski definition) is 2. The Kier molecular flexibility index (Phi) is 7.41. The van der Waals surface area contributed by atoms with E-state index in [1.807, 2.05) is 42.0 Å². The molecule has 0 spiro atoms. The summed E-state index contributed by atoms with van der Waals surface area (Å²) in [6, 6.07) is 12.1. The summed E-state index contributed by atoms with van der Waals surface area (Å²) in [6.07, 6.45) is 5.28. The number of halogens is 1. The fourth-order valence-electron chi connectivity index (χ4n) is 4.12. The molecular weight excluding hydrogens is 464 g/mol. The van der Waals surface area contributed by atoms with Crippen LogP contribution in [-0.2, 0) is 4.79 Å². The molecule has 3 N–H and O–H groups in total. The number of hydrogen-bond acceptors (Lipinski definition) is 5. The summed E-state index contributed by atoms with van der Waals surface area (Å²) in [5.74, 6) is -1.20. The van der Waals surface area contributed by atoms with Gasteiger partial charge in [-0.3, -0.25) is 14.8 Å². The molecule has 0 fully saturated rings. The molecule has 0 radical (unpaired) electrons. The molecule has 4 aromatic rings. The Labute approximate surface area is 208 Å². The van der Waals surface area contributed by atoms with Gasteiger partial charge in [-0.05, 0) is 51.1 Å². The highest BCUT2D eigenvalue weighted by molar-refractivity contribution is 6.34. The summed E-state index contributed by atoms with van der Waals surface area (Å²) in [6.45, 7) is 5.18. The van der Waals surface area contributed by atoms with Gasteiger partial charge in [0.1, 0.15) is 0 Å². The van der Waals surface area contributed by atoms with Crippen molar-refractivity contribution in [2.45, 2.75) is 34.2 Å². The van der Waals surface area contributed by atoms with E-state index in [0.29, 0.717) is 32.9 Å². The molecule has 0 amide bonds. The second kappa shape index (κ2) is 10.1. The minimum atomic E-state index is -1.05.